The molecule has 23 heavy (non-hydrogen) atoms. The number of tetrazole rings is 1. The summed E-state index contributed by atoms with van der Waals surface area (Å²) in [6.07, 6.45) is 1.44. The van der Waals surface area contributed by atoms with Crippen LogP contribution in [0.4, 0.5) is 4.39 Å². The maximum absolute atomic E-state index is 13.2. The fourth-order valence-corrected chi connectivity index (χ4v) is 3.48. The van der Waals surface area contributed by atoms with Gasteiger partial charge in [-0.15, -0.1) is 10.2 Å². The van der Waals surface area contributed by atoms with Gasteiger partial charge in [-0.3, -0.25) is 4.79 Å². The maximum atomic E-state index is 13.2. The number of likely N-dealkylation sites (N-methyl/N-ethyl adjacent to an activating group) is 1. The van der Waals surface area contributed by atoms with Gasteiger partial charge in [0.05, 0.1) is 0 Å². The van der Waals surface area contributed by atoms with E-state index in [1.54, 1.807) is 18.0 Å². The Bertz CT molecular complexity index is 709. The first-order valence-corrected chi connectivity index (χ1v) is 7.67. The van der Waals surface area contributed by atoms with E-state index in [1.807, 2.05) is 6.92 Å². The van der Waals surface area contributed by atoms with Gasteiger partial charge in [-0.2, -0.15) is 5.21 Å². The van der Waals surface area contributed by atoms with Crippen molar-refractivity contribution in [3.8, 4) is 0 Å². The number of aromatic amines is 1. The lowest BCUT2D eigenvalue weighted by molar-refractivity contribution is -0.142. The Morgan fingerprint density at radius 3 is 2.78 bits per heavy atom. The first-order valence-electron chi connectivity index (χ1n) is 7.67. The van der Waals surface area contributed by atoms with Gasteiger partial charge in [0.2, 0.25) is 5.91 Å². The largest absolute Gasteiger partial charge is 0.341 e. The lowest BCUT2D eigenvalue weighted by Gasteiger charge is -2.44. The molecule has 2 aromatic rings. The zero-order chi connectivity index (χ0) is 16.6. The van der Waals surface area contributed by atoms with E-state index < -0.39 is 5.41 Å². The molecule has 1 aliphatic carbocycles. The lowest BCUT2D eigenvalue weighted by atomic mass is 9.61. The van der Waals surface area contributed by atoms with Crippen molar-refractivity contribution < 1.29 is 9.18 Å². The Morgan fingerprint density at radius 2 is 2.22 bits per heavy atom. The number of H-pyrrole nitrogens is 1. The molecular weight excluding hydrogens is 297 g/mol. The molecule has 0 spiro atoms. The van der Waals surface area contributed by atoms with E-state index >= 15 is 0 Å². The molecule has 122 valence electrons. The van der Waals surface area contributed by atoms with Gasteiger partial charge >= 0.3 is 0 Å². The molecule has 0 atom stereocenters. The Kier molecular flexibility index (Phi) is 3.87. The number of aryl methyl sites for hydroxylation is 1. The third-order valence-corrected chi connectivity index (χ3v) is 4.64. The quantitative estimate of drug-likeness (QED) is 0.935. The average Bonchev–Trinajstić information content (AvgIpc) is 3.00. The van der Waals surface area contributed by atoms with E-state index in [0.717, 1.165) is 24.0 Å². The number of benzene rings is 1. The molecule has 1 N–H and O–H groups in total. The van der Waals surface area contributed by atoms with Crippen LogP contribution in [-0.4, -0.2) is 38.5 Å². The highest BCUT2D eigenvalue weighted by Crippen LogP contribution is 2.47. The molecule has 0 radical (unpaired) electrons. The van der Waals surface area contributed by atoms with E-state index in [1.165, 1.54) is 12.1 Å². The molecule has 0 unspecified atom stereocenters. The van der Waals surface area contributed by atoms with Gasteiger partial charge in [0.15, 0.2) is 5.82 Å². The molecule has 1 amide bonds. The summed E-state index contributed by atoms with van der Waals surface area (Å²) in [5.41, 5.74) is 1.08. The first kappa shape index (κ1) is 15.6. The van der Waals surface area contributed by atoms with Crippen LogP contribution in [0.25, 0.3) is 0 Å². The number of nitrogens with zero attached hydrogens (tertiary/aromatic N) is 4. The topological polar surface area (TPSA) is 74.8 Å². The van der Waals surface area contributed by atoms with Gasteiger partial charge in [-0.1, -0.05) is 18.2 Å². The monoisotopic (exact) mass is 317 g/mol. The molecule has 7 heteroatoms. The number of aromatic nitrogens is 4. The summed E-state index contributed by atoms with van der Waals surface area (Å²) in [5.74, 6) is 0.638. The number of halogens is 1. The van der Waals surface area contributed by atoms with Crippen molar-refractivity contribution in [2.45, 2.75) is 38.6 Å². The van der Waals surface area contributed by atoms with Crippen LogP contribution in [0, 0.1) is 18.7 Å². The maximum Gasteiger partial charge on any atom is 0.236 e. The van der Waals surface area contributed by atoms with Gasteiger partial charge < -0.3 is 4.90 Å². The Hall–Kier alpha value is -2.31. The van der Waals surface area contributed by atoms with Crippen molar-refractivity contribution in [1.82, 2.24) is 25.5 Å². The second-order valence-corrected chi connectivity index (χ2v) is 6.56. The van der Waals surface area contributed by atoms with Crippen LogP contribution in [0.15, 0.2) is 18.2 Å². The Labute approximate surface area is 134 Å². The number of amides is 1. The average molecular weight is 317 g/mol. The highest BCUT2D eigenvalue weighted by Gasteiger charge is 2.53. The summed E-state index contributed by atoms with van der Waals surface area (Å²) in [4.78, 5) is 14.7. The number of nitrogens with one attached hydrogen (secondary N) is 1. The SMILES string of the molecule is Cc1cc(F)ccc1CN(C)C(=O)C1(c2nn[nH]n2)CC(C)C1. The van der Waals surface area contributed by atoms with E-state index in [0.29, 0.717) is 18.3 Å². The Morgan fingerprint density at radius 1 is 1.48 bits per heavy atom. The highest BCUT2D eigenvalue weighted by atomic mass is 19.1. The minimum absolute atomic E-state index is 0.0132. The van der Waals surface area contributed by atoms with Crippen LogP contribution in [0.2, 0.25) is 0 Å². The molecular formula is C16H20FN5O. The molecule has 0 aliphatic heterocycles. The van der Waals surface area contributed by atoms with E-state index in [4.69, 9.17) is 0 Å². The minimum atomic E-state index is -0.685. The van der Waals surface area contributed by atoms with Crippen LogP contribution >= 0.6 is 0 Å². The van der Waals surface area contributed by atoms with Crippen molar-refractivity contribution >= 4 is 5.91 Å². The van der Waals surface area contributed by atoms with E-state index in [9.17, 15) is 9.18 Å². The fourth-order valence-electron chi connectivity index (χ4n) is 3.48. The van der Waals surface area contributed by atoms with Crippen LogP contribution < -0.4 is 0 Å². The van der Waals surface area contributed by atoms with Crippen LogP contribution in [-0.2, 0) is 16.8 Å². The lowest BCUT2D eigenvalue weighted by Crippen LogP contribution is -2.53. The second kappa shape index (κ2) is 5.72. The summed E-state index contributed by atoms with van der Waals surface area (Å²) in [7, 11) is 1.76. The predicted octanol–water partition coefficient (Wildman–Crippen LogP) is 1.97. The number of carbonyl (C=O) groups is 1. The molecule has 1 heterocycles. The van der Waals surface area contributed by atoms with Crippen molar-refractivity contribution in [3.63, 3.8) is 0 Å². The standard InChI is InChI=1S/C16H20FN5O/c1-10-7-16(8-10,14-18-20-21-19-14)15(23)22(3)9-12-4-5-13(17)6-11(12)2/h4-6,10H,7-9H2,1-3H3,(H,18,19,20,21). The van der Waals surface area contributed by atoms with E-state index in [-0.39, 0.29) is 11.7 Å². The molecule has 1 fully saturated rings. The third kappa shape index (κ3) is 2.71. The Balaban J connectivity index is 1.81. The first-order chi connectivity index (χ1) is 10.9. The van der Waals surface area contributed by atoms with Gasteiger partial charge in [0, 0.05) is 13.6 Å². The molecule has 1 aliphatic rings. The molecule has 3 rings (SSSR count). The number of hydrogen-bond donors (Lipinski definition) is 1. The summed E-state index contributed by atoms with van der Waals surface area (Å²) in [5, 5.41) is 14.1. The zero-order valence-electron chi connectivity index (χ0n) is 13.5. The number of hydrogen-bond acceptors (Lipinski definition) is 4. The van der Waals surface area contributed by atoms with Crippen molar-refractivity contribution in [1.29, 1.82) is 0 Å². The van der Waals surface area contributed by atoms with Crippen molar-refractivity contribution in [3.05, 3.63) is 41.0 Å². The number of carbonyl (C=O) groups excluding carboxylic acids is 1. The highest BCUT2D eigenvalue weighted by molar-refractivity contribution is 5.88. The van der Waals surface area contributed by atoms with Crippen molar-refractivity contribution in [2.24, 2.45) is 5.92 Å². The summed E-state index contributed by atoms with van der Waals surface area (Å²) < 4.78 is 13.2. The summed E-state index contributed by atoms with van der Waals surface area (Å²) >= 11 is 0. The van der Waals surface area contributed by atoms with Crippen LogP contribution in [0.1, 0.15) is 36.7 Å². The van der Waals surface area contributed by atoms with Crippen LogP contribution in [0.3, 0.4) is 0 Å². The molecule has 0 bridgehead atoms. The number of rotatable bonds is 4. The van der Waals surface area contributed by atoms with Crippen molar-refractivity contribution in [2.75, 3.05) is 7.05 Å². The zero-order valence-corrected chi connectivity index (χ0v) is 13.5. The van der Waals surface area contributed by atoms with Gasteiger partial charge in [0.25, 0.3) is 0 Å². The fraction of sp³-hybridized carbons (Fsp3) is 0.500. The smallest absolute Gasteiger partial charge is 0.236 e. The van der Waals surface area contributed by atoms with Gasteiger partial charge in [-0.25, -0.2) is 4.39 Å². The molecule has 0 saturated heterocycles. The van der Waals surface area contributed by atoms with E-state index in [2.05, 4.69) is 27.5 Å². The molecule has 6 nitrogen and oxygen atoms in total. The summed E-state index contributed by atoms with van der Waals surface area (Å²) in [6, 6.07) is 4.62. The third-order valence-electron chi connectivity index (χ3n) is 4.64. The van der Waals surface area contributed by atoms with Gasteiger partial charge in [-0.05, 0) is 48.9 Å². The van der Waals surface area contributed by atoms with Gasteiger partial charge in [0.1, 0.15) is 11.2 Å². The predicted molar refractivity (Wildman–Crippen MR) is 81.9 cm³/mol. The molecule has 1 saturated carbocycles. The second-order valence-electron chi connectivity index (χ2n) is 6.56. The minimum Gasteiger partial charge on any atom is -0.341 e. The molecule has 1 aromatic carbocycles. The normalized spacial score (nSPS) is 23.4. The summed E-state index contributed by atoms with van der Waals surface area (Å²) in [6.45, 7) is 4.38. The molecule has 1 aromatic heterocycles. The van der Waals surface area contributed by atoms with Crippen LogP contribution in [0.5, 0.6) is 0 Å².